The van der Waals surface area contributed by atoms with Crippen LogP contribution in [0.15, 0.2) is 24.3 Å². The van der Waals surface area contributed by atoms with E-state index < -0.39 is 0 Å². The fourth-order valence-electron chi connectivity index (χ4n) is 3.88. The van der Waals surface area contributed by atoms with Crippen LogP contribution in [0.2, 0.25) is 0 Å². The van der Waals surface area contributed by atoms with Gasteiger partial charge in [-0.15, -0.1) is 0 Å². The van der Waals surface area contributed by atoms with Gasteiger partial charge >= 0.3 is 0 Å². The molecule has 0 atom stereocenters. The molecule has 0 bridgehead atoms. The van der Waals surface area contributed by atoms with Gasteiger partial charge in [0, 0.05) is 50.2 Å². The van der Waals surface area contributed by atoms with E-state index in [1.165, 1.54) is 16.2 Å². The number of hydrogen-bond acceptors (Lipinski definition) is 8. The monoisotopic (exact) mass is 454 g/mol. The first-order chi connectivity index (χ1) is 15.4. The summed E-state index contributed by atoms with van der Waals surface area (Å²) >= 11 is 1.48. The van der Waals surface area contributed by atoms with Crippen LogP contribution >= 0.6 is 11.3 Å². The summed E-state index contributed by atoms with van der Waals surface area (Å²) < 4.78 is 0.834. The number of likely N-dealkylation sites (N-methyl/N-ethyl adjacent to an activating group) is 2. The topological polar surface area (TPSA) is 80.8 Å². The minimum atomic E-state index is -0.234. The summed E-state index contributed by atoms with van der Waals surface area (Å²) in [6.07, 6.45) is 0. The molecule has 2 amide bonds. The van der Waals surface area contributed by atoms with Gasteiger partial charge in [0.05, 0.1) is 15.8 Å². The van der Waals surface area contributed by atoms with Crippen molar-refractivity contribution >= 4 is 49.3 Å². The number of thiazole rings is 1. The first-order valence-electron chi connectivity index (χ1n) is 10.8. The largest absolute Gasteiger partial charge is 0.360 e. The molecule has 170 valence electrons. The number of carbonyl (C=O) groups is 2. The fourth-order valence-corrected chi connectivity index (χ4v) is 4.89. The zero-order chi connectivity index (χ0) is 22.8. The summed E-state index contributed by atoms with van der Waals surface area (Å²) in [5, 5.41) is 9.08. The Morgan fingerprint density at radius 1 is 1.00 bits per heavy atom. The Hall–Kier alpha value is -2.59. The molecule has 0 fully saturated rings. The number of hydrogen-bond donors (Lipinski definition) is 2. The van der Waals surface area contributed by atoms with Crippen molar-refractivity contribution in [2.45, 2.75) is 0 Å². The molecular formula is C23H30N6O2S. The molecule has 0 spiro atoms. The van der Waals surface area contributed by atoms with Crippen LogP contribution in [0.25, 0.3) is 21.0 Å². The molecule has 1 aromatic heterocycles. The van der Waals surface area contributed by atoms with Gasteiger partial charge in [-0.3, -0.25) is 14.5 Å². The van der Waals surface area contributed by atoms with E-state index in [1.54, 1.807) is 0 Å². The van der Waals surface area contributed by atoms with Gasteiger partial charge in [0.15, 0.2) is 5.13 Å². The SMILES string of the molecule is CN(C)CCNCCN1C(=O)c2cccc3cc4nc(NCCN(C)C)sc4c(c23)C1=O. The molecule has 9 heteroatoms. The van der Waals surface area contributed by atoms with Gasteiger partial charge in [0.25, 0.3) is 11.8 Å². The molecule has 2 N–H and O–H groups in total. The molecule has 0 saturated heterocycles. The van der Waals surface area contributed by atoms with Crippen LogP contribution in [-0.2, 0) is 0 Å². The number of amides is 2. The number of carbonyl (C=O) groups excluding carboxylic acids is 2. The third kappa shape index (κ3) is 4.47. The summed E-state index contributed by atoms with van der Waals surface area (Å²) in [5.41, 5.74) is 1.97. The molecule has 0 aliphatic carbocycles. The third-order valence-electron chi connectivity index (χ3n) is 5.54. The molecule has 0 radical (unpaired) electrons. The lowest BCUT2D eigenvalue weighted by Gasteiger charge is -2.27. The van der Waals surface area contributed by atoms with Crippen molar-refractivity contribution in [2.24, 2.45) is 0 Å². The molecule has 2 heterocycles. The van der Waals surface area contributed by atoms with Crippen LogP contribution in [0.1, 0.15) is 20.7 Å². The van der Waals surface area contributed by atoms with Crippen LogP contribution in [0.4, 0.5) is 5.13 Å². The second kappa shape index (κ2) is 9.50. The van der Waals surface area contributed by atoms with Gasteiger partial charge in [-0.05, 0) is 45.7 Å². The third-order valence-corrected chi connectivity index (χ3v) is 6.58. The van der Waals surface area contributed by atoms with Gasteiger partial charge in [0.1, 0.15) is 0 Å². The summed E-state index contributed by atoms with van der Waals surface area (Å²) in [4.78, 5) is 37.0. The van der Waals surface area contributed by atoms with Crippen molar-refractivity contribution in [1.29, 1.82) is 0 Å². The van der Waals surface area contributed by atoms with Crippen molar-refractivity contribution in [3.8, 4) is 0 Å². The minimum Gasteiger partial charge on any atom is -0.360 e. The maximum absolute atomic E-state index is 13.5. The lowest BCUT2D eigenvalue weighted by molar-refractivity contribution is 0.0613. The van der Waals surface area contributed by atoms with E-state index in [9.17, 15) is 9.59 Å². The molecular weight excluding hydrogens is 424 g/mol. The van der Waals surface area contributed by atoms with Crippen molar-refractivity contribution in [1.82, 2.24) is 25.0 Å². The van der Waals surface area contributed by atoms with Crippen molar-refractivity contribution < 1.29 is 9.59 Å². The zero-order valence-electron chi connectivity index (χ0n) is 19.1. The Morgan fingerprint density at radius 2 is 1.75 bits per heavy atom. The second-order valence-corrected chi connectivity index (χ2v) is 9.57. The molecule has 0 saturated carbocycles. The number of nitrogens with one attached hydrogen (secondary N) is 2. The summed E-state index contributed by atoms with van der Waals surface area (Å²) in [6.45, 7) is 4.25. The van der Waals surface area contributed by atoms with Crippen LogP contribution in [0.3, 0.4) is 0 Å². The fraction of sp³-hybridized carbons (Fsp3) is 0.435. The Morgan fingerprint density at radius 3 is 2.50 bits per heavy atom. The lowest BCUT2D eigenvalue weighted by Crippen LogP contribution is -2.44. The highest BCUT2D eigenvalue weighted by molar-refractivity contribution is 7.22. The number of aromatic nitrogens is 1. The number of fused-ring (bicyclic) bond motifs is 2. The van der Waals surface area contributed by atoms with Crippen LogP contribution < -0.4 is 10.6 Å². The van der Waals surface area contributed by atoms with E-state index in [2.05, 4.69) is 20.4 Å². The Labute approximate surface area is 192 Å². The van der Waals surface area contributed by atoms with Crippen LogP contribution in [-0.4, -0.2) is 99.0 Å². The van der Waals surface area contributed by atoms with E-state index in [1.807, 2.05) is 52.5 Å². The standard InChI is InChI=1S/C23H30N6O2S/c1-27(2)11-8-24-9-13-29-21(30)16-7-5-6-15-14-17-20(19(18(15)16)22(29)31)32-23(26-17)25-10-12-28(3)4/h5-7,14,24H,8-13H2,1-4H3,(H,25,26). The number of nitrogens with zero attached hydrogens (tertiary/aromatic N) is 4. The first-order valence-corrected chi connectivity index (χ1v) is 11.6. The molecule has 3 aromatic rings. The van der Waals surface area contributed by atoms with Crippen molar-refractivity contribution in [2.75, 3.05) is 72.8 Å². The second-order valence-electron chi connectivity index (χ2n) is 8.57. The maximum Gasteiger partial charge on any atom is 0.262 e. The van der Waals surface area contributed by atoms with E-state index in [0.29, 0.717) is 24.2 Å². The number of benzene rings is 2. The summed E-state index contributed by atoms with van der Waals surface area (Å²) in [5.74, 6) is -0.460. The number of rotatable bonds is 10. The molecule has 1 aliphatic heterocycles. The normalized spacial score (nSPS) is 13.9. The Kier molecular flexibility index (Phi) is 6.71. The van der Waals surface area contributed by atoms with Gasteiger partial charge in [-0.25, -0.2) is 4.98 Å². The van der Waals surface area contributed by atoms with Crippen molar-refractivity contribution in [3.05, 3.63) is 35.4 Å². The predicted molar refractivity (Wildman–Crippen MR) is 131 cm³/mol. The molecule has 0 unspecified atom stereocenters. The molecule has 8 nitrogen and oxygen atoms in total. The first kappa shape index (κ1) is 22.6. The van der Waals surface area contributed by atoms with Gasteiger partial charge < -0.3 is 20.4 Å². The molecule has 4 rings (SSSR count). The number of imide groups is 1. The highest BCUT2D eigenvalue weighted by Crippen LogP contribution is 2.39. The van der Waals surface area contributed by atoms with E-state index in [-0.39, 0.29) is 11.8 Å². The summed E-state index contributed by atoms with van der Waals surface area (Å²) in [6, 6.07) is 7.61. The lowest BCUT2D eigenvalue weighted by atomic mass is 9.93. The molecule has 32 heavy (non-hydrogen) atoms. The molecule has 2 aromatic carbocycles. The predicted octanol–water partition coefficient (Wildman–Crippen LogP) is 2.17. The Bertz CT molecular complexity index is 1160. The van der Waals surface area contributed by atoms with Crippen LogP contribution in [0, 0.1) is 0 Å². The average Bonchev–Trinajstić information content (AvgIpc) is 3.14. The van der Waals surface area contributed by atoms with E-state index in [0.717, 1.165) is 52.3 Å². The van der Waals surface area contributed by atoms with E-state index in [4.69, 9.17) is 4.98 Å². The smallest absolute Gasteiger partial charge is 0.262 e. The van der Waals surface area contributed by atoms with Gasteiger partial charge in [-0.2, -0.15) is 0 Å². The van der Waals surface area contributed by atoms with Gasteiger partial charge in [-0.1, -0.05) is 23.5 Å². The average molecular weight is 455 g/mol. The Balaban J connectivity index is 1.66. The van der Waals surface area contributed by atoms with E-state index >= 15 is 0 Å². The zero-order valence-corrected chi connectivity index (χ0v) is 19.9. The maximum atomic E-state index is 13.5. The van der Waals surface area contributed by atoms with Gasteiger partial charge in [0.2, 0.25) is 0 Å². The minimum absolute atomic E-state index is 0.226. The van der Waals surface area contributed by atoms with Crippen LogP contribution in [0.5, 0.6) is 0 Å². The molecule has 1 aliphatic rings. The highest BCUT2D eigenvalue weighted by atomic mass is 32.1. The highest BCUT2D eigenvalue weighted by Gasteiger charge is 2.34. The van der Waals surface area contributed by atoms with Crippen molar-refractivity contribution in [3.63, 3.8) is 0 Å². The quantitative estimate of drug-likeness (QED) is 0.359. The number of anilines is 1. The summed E-state index contributed by atoms with van der Waals surface area (Å²) in [7, 11) is 8.08.